The molecule has 2 aromatic carbocycles. The summed E-state index contributed by atoms with van der Waals surface area (Å²) in [7, 11) is 0. The zero-order valence-electron chi connectivity index (χ0n) is 22.0. The highest BCUT2D eigenvalue weighted by atomic mass is 35.5. The minimum absolute atomic E-state index is 0.140. The summed E-state index contributed by atoms with van der Waals surface area (Å²) >= 11 is 12.2. The number of benzene rings is 2. The van der Waals surface area contributed by atoms with Crippen molar-refractivity contribution < 1.29 is 28.9 Å². The number of aliphatic carboxylic acids is 1. The Morgan fingerprint density at radius 2 is 1.65 bits per heavy atom. The summed E-state index contributed by atoms with van der Waals surface area (Å²) in [4.78, 5) is 25.7. The highest BCUT2D eigenvalue weighted by Gasteiger charge is 2.20. The van der Waals surface area contributed by atoms with E-state index in [0.29, 0.717) is 54.9 Å². The van der Waals surface area contributed by atoms with Crippen LogP contribution >= 0.6 is 23.2 Å². The Labute approximate surface area is 229 Å². The van der Waals surface area contributed by atoms with Gasteiger partial charge in [-0.25, -0.2) is 9.59 Å². The lowest BCUT2D eigenvalue weighted by Gasteiger charge is -2.25. The molecule has 37 heavy (non-hydrogen) atoms. The van der Waals surface area contributed by atoms with Crippen LogP contribution in [0.1, 0.15) is 45.2 Å². The Morgan fingerprint density at radius 3 is 2.22 bits per heavy atom. The van der Waals surface area contributed by atoms with Gasteiger partial charge in [0.25, 0.3) is 0 Å². The van der Waals surface area contributed by atoms with Crippen LogP contribution in [0.5, 0.6) is 5.75 Å². The van der Waals surface area contributed by atoms with E-state index >= 15 is 0 Å². The van der Waals surface area contributed by atoms with Gasteiger partial charge in [0, 0.05) is 29.6 Å². The molecule has 0 aliphatic carbocycles. The van der Waals surface area contributed by atoms with Gasteiger partial charge in [-0.1, -0.05) is 56.1 Å². The number of rotatable bonds is 14. The standard InChI is InChI=1S/C28H37Cl2NO6/c1-5-35-25(26(32)33)17-20-8-10-24(11-9-20)36-14-13-31(27(34)37-19-28(2,3)4)12-6-7-21-15-22(29)18-23(30)16-21/h8-11,15-16,18,25H,5-7,12-14,17,19H2,1-4H3,(H,32,33). The summed E-state index contributed by atoms with van der Waals surface area (Å²) in [6.07, 6.45) is 0.431. The van der Waals surface area contributed by atoms with Crippen molar-refractivity contribution in [3.63, 3.8) is 0 Å². The number of aryl methyl sites for hydroxylation is 1. The van der Waals surface area contributed by atoms with Gasteiger partial charge in [-0.3, -0.25) is 0 Å². The van der Waals surface area contributed by atoms with Gasteiger partial charge in [0.1, 0.15) is 12.4 Å². The van der Waals surface area contributed by atoms with Crippen molar-refractivity contribution in [2.45, 2.75) is 53.1 Å². The number of carbonyl (C=O) groups excluding carboxylic acids is 1. The second-order valence-electron chi connectivity index (χ2n) is 9.96. The maximum atomic E-state index is 12.8. The molecule has 0 bridgehead atoms. The predicted molar refractivity (Wildman–Crippen MR) is 146 cm³/mol. The maximum Gasteiger partial charge on any atom is 0.409 e. The van der Waals surface area contributed by atoms with E-state index in [2.05, 4.69) is 0 Å². The average Bonchev–Trinajstić information content (AvgIpc) is 2.81. The van der Waals surface area contributed by atoms with Crippen molar-refractivity contribution in [3.05, 3.63) is 63.6 Å². The van der Waals surface area contributed by atoms with Crippen LogP contribution in [-0.2, 0) is 27.1 Å². The first-order chi connectivity index (χ1) is 17.5. The monoisotopic (exact) mass is 553 g/mol. The lowest BCUT2D eigenvalue weighted by molar-refractivity contribution is -0.149. The van der Waals surface area contributed by atoms with Gasteiger partial charge in [-0.2, -0.15) is 0 Å². The summed E-state index contributed by atoms with van der Waals surface area (Å²) in [5.74, 6) is -0.359. The van der Waals surface area contributed by atoms with Gasteiger partial charge in [-0.05, 0) is 66.6 Å². The minimum atomic E-state index is -0.987. The fourth-order valence-corrected chi connectivity index (χ4v) is 4.09. The SMILES string of the molecule is CCOC(Cc1ccc(OCCN(CCCc2cc(Cl)cc(Cl)c2)C(=O)OCC(C)(C)C)cc1)C(=O)O. The third-order valence-corrected chi connectivity index (χ3v) is 5.76. The molecule has 1 unspecified atom stereocenters. The number of hydrogen-bond acceptors (Lipinski definition) is 5. The molecule has 1 N–H and O–H groups in total. The Bertz CT molecular complexity index is 986. The van der Waals surface area contributed by atoms with E-state index in [1.54, 1.807) is 30.0 Å². The second-order valence-corrected chi connectivity index (χ2v) is 10.8. The molecule has 0 fully saturated rings. The Balaban J connectivity index is 1.92. The molecular formula is C28H37Cl2NO6. The van der Waals surface area contributed by atoms with Crippen molar-refractivity contribution in [1.29, 1.82) is 0 Å². The normalized spacial score (nSPS) is 12.2. The fraction of sp³-hybridized carbons (Fsp3) is 0.500. The molecule has 0 saturated carbocycles. The van der Waals surface area contributed by atoms with Gasteiger partial charge in [0.2, 0.25) is 0 Å². The second kappa shape index (κ2) is 15.1. The van der Waals surface area contributed by atoms with Crippen LogP contribution in [0.4, 0.5) is 4.79 Å². The molecule has 0 spiro atoms. The van der Waals surface area contributed by atoms with Crippen molar-refractivity contribution in [2.75, 3.05) is 32.9 Å². The Morgan fingerprint density at radius 1 is 1.00 bits per heavy atom. The van der Waals surface area contributed by atoms with Crippen LogP contribution in [0, 0.1) is 5.41 Å². The van der Waals surface area contributed by atoms with E-state index in [0.717, 1.165) is 11.1 Å². The van der Waals surface area contributed by atoms with Gasteiger partial charge in [-0.15, -0.1) is 0 Å². The largest absolute Gasteiger partial charge is 0.492 e. The molecule has 0 aliphatic rings. The van der Waals surface area contributed by atoms with Crippen molar-refractivity contribution >= 4 is 35.3 Å². The maximum absolute atomic E-state index is 12.8. The highest BCUT2D eigenvalue weighted by molar-refractivity contribution is 6.34. The van der Waals surface area contributed by atoms with E-state index in [1.807, 2.05) is 45.0 Å². The quantitative estimate of drug-likeness (QED) is 0.286. The van der Waals surface area contributed by atoms with E-state index < -0.39 is 12.1 Å². The lowest BCUT2D eigenvalue weighted by Crippen LogP contribution is -2.37. The van der Waals surface area contributed by atoms with Crippen LogP contribution in [0.15, 0.2) is 42.5 Å². The number of halogens is 2. The number of carbonyl (C=O) groups is 2. The van der Waals surface area contributed by atoms with E-state index in [1.165, 1.54) is 0 Å². The summed E-state index contributed by atoms with van der Waals surface area (Å²) in [6, 6.07) is 12.6. The zero-order valence-corrected chi connectivity index (χ0v) is 23.5. The van der Waals surface area contributed by atoms with Crippen LogP contribution in [-0.4, -0.2) is 61.1 Å². The molecule has 0 heterocycles. The number of nitrogens with zero attached hydrogens (tertiary/aromatic N) is 1. The molecule has 204 valence electrons. The predicted octanol–water partition coefficient (Wildman–Crippen LogP) is 6.52. The fourth-order valence-electron chi connectivity index (χ4n) is 3.52. The molecule has 2 rings (SSSR count). The van der Waals surface area contributed by atoms with Gasteiger partial charge >= 0.3 is 12.1 Å². The van der Waals surface area contributed by atoms with E-state index in [9.17, 15) is 14.7 Å². The number of amides is 1. The van der Waals surface area contributed by atoms with Gasteiger partial charge < -0.3 is 24.2 Å². The molecule has 0 radical (unpaired) electrons. The minimum Gasteiger partial charge on any atom is -0.492 e. The topological polar surface area (TPSA) is 85.3 Å². The molecule has 1 atom stereocenters. The third kappa shape index (κ3) is 12.1. The van der Waals surface area contributed by atoms with Crippen molar-refractivity contribution in [2.24, 2.45) is 5.41 Å². The third-order valence-electron chi connectivity index (χ3n) is 5.32. The molecule has 0 saturated heterocycles. The van der Waals surface area contributed by atoms with E-state index in [-0.39, 0.29) is 24.5 Å². The molecule has 0 aromatic heterocycles. The molecular weight excluding hydrogens is 517 g/mol. The number of carboxylic acid groups (broad SMARTS) is 1. The van der Waals surface area contributed by atoms with Crippen LogP contribution in [0.3, 0.4) is 0 Å². The molecule has 2 aromatic rings. The Kier molecular flexibility index (Phi) is 12.5. The molecule has 0 aliphatic heterocycles. The smallest absolute Gasteiger partial charge is 0.409 e. The average molecular weight is 555 g/mol. The molecule has 9 heteroatoms. The summed E-state index contributed by atoms with van der Waals surface area (Å²) in [6.45, 7) is 9.56. The first kappa shape index (κ1) is 30.7. The number of hydrogen-bond donors (Lipinski definition) is 1. The van der Waals surface area contributed by atoms with E-state index in [4.69, 9.17) is 37.4 Å². The van der Waals surface area contributed by atoms with Gasteiger partial charge in [0.15, 0.2) is 6.10 Å². The Hall–Kier alpha value is -2.48. The van der Waals surface area contributed by atoms with Crippen LogP contribution in [0.2, 0.25) is 10.0 Å². The van der Waals surface area contributed by atoms with Crippen molar-refractivity contribution in [1.82, 2.24) is 4.90 Å². The lowest BCUT2D eigenvalue weighted by atomic mass is 9.99. The summed E-state index contributed by atoms with van der Waals surface area (Å²) in [5, 5.41) is 10.4. The molecule has 1 amide bonds. The first-order valence-electron chi connectivity index (χ1n) is 12.4. The number of ether oxygens (including phenoxy) is 3. The van der Waals surface area contributed by atoms with Crippen molar-refractivity contribution in [3.8, 4) is 5.75 Å². The van der Waals surface area contributed by atoms with Crippen LogP contribution in [0.25, 0.3) is 0 Å². The summed E-state index contributed by atoms with van der Waals surface area (Å²) in [5.41, 5.74) is 1.70. The van der Waals surface area contributed by atoms with Crippen LogP contribution < -0.4 is 4.74 Å². The zero-order chi connectivity index (χ0) is 27.4. The first-order valence-corrected chi connectivity index (χ1v) is 13.1. The number of carboxylic acids is 1. The molecule has 7 nitrogen and oxygen atoms in total. The van der Waals surface area contributed by atoms with Gasteiger partial charge in [0.05, 0.1) is 13.2 Å². The summed E-state index contributed by atoms with van der Waals surface area (Å²) < 4.78 is 16.7. The highest BCUT2D eigenvalue weighted by Crippen LogP contribution is 2.20.